The predicted octanol–water partition coefficient (Wildman–Crippen LogP) is 3.39. The summed E-state index contributed by atoms with van der Waals surface area (Å²) in [5.41, 5.74) is -0.470. The van der Waals surface area contributed by atoms with Gasteiger partial charge >= 0.3 is 7.82 Å². The molecular formula is C11H15O4P. The molecule has 1 aliphatic heterocycles. The van der Waals surface area contributed by atoms with Crippen molar-refractivity contribution in [3.8, 4) is 5.75 Å². The molecule has 0 N–H and O–H groups in total. The summed E-state index contributed by atoms with van der Waals surface area (Å²) in [6.45, 7) is 4.13. The third kappa shape index (κ3) is 2.85. The van der Waals surface area contributed by atoms with Crippen molar-refractivity contribution in [1.82, 2.24) is 0 Å². The van der Waals surface area contributed by atoms with Crippen molar-refractivity contribution in [2.24, 2.45) is 0 Å². The van der Waals surface area contributed by atoms with E-state index in [2.05, 4.69) is 0 Å². The average molecular weight is 242 g/mol. The lowest BCUT2D eigenvalue weighted by Crippen LogP contribution is -2.30. The van der Waals surface area contributed by atoms with Crippen molar-refractivity contribution in [2.75, 3.05) is 6.61 Å². The molecule has 0 spiro atoms. The lowest BCUT2D eigenvalue weighted by atomic mass is 10.1. The Morgan fingerprint density at radius 1 is 1.31 bits per heavy atom. The molecular weight excluding hydrogens is 227 g/mol. The highest BCUT2D eigenvalue weighted by Crippen LogP contribution is 2.55. The predicted molar refractivity (Wildman–Crippen MR) is 60.4 cm³/mol. The van der Waals surface area contributed by atoms with E-state index in [0.717, 1.165) is 0 Å². The molecule has 0 aliphatic carbocycles. The standard InChI is InChI=1S/C11H15O4P/c1-11(2)8-9-13-16(12,15-11)14-10-6-4-3-5-7-10/h3-7H,8-9H2,1-2H3. The second-order valence-corrected chi connectivity index (χ2v) is 5.80. The Hall–Kier alpha value is -0.830. The van der Waals surface area contributed by atoms with Gasteiger partial charge in [0.15, 0.2) is 0 Å². The zero-order valence-corrected chi connectivity index (χ0v) is 10.3. The van der Waals surface area contributed by atoms with E-state index in [1.54, 1.807) is 24.3 Å². The Bertz CT molecular complexity index is 402. The summed E-state index contributed by atoms with van der Waals surface area (Å²) in [6.07, 6.45) is 0.704. The normalized spacial score (nSPS) is 28.6. The molecule has 1 saturated heterocycles. The van der Waals surface area contributed by atoms with Gasteiger partial charge in [-0.1, -0.05) is 18.2 Å². The van der Waals surface area contributed by atoms with Crippen LogP contribution in [0, 0.1) is 0 Å². The zero-order valence-electron chi connectivity index (χ0n) is 9.38. The SMILES string of the molecule is CC1(C)CCOP(=O)(Oc2ccccc2)O1. The van der Waals surface area contributed by atoms with Crippen LogP contribution in [-0.2, 0) is 13.6 Å². The van der Waals surface area contributed by atoms with Gasteiger partial charge in [-0.3, -0.25) is 9.05 Å². The number of benzene rings is 1. The van der Waals surface area contributed by atoms with Crippen molar-refractivity contribution in [2.45, 2.75) is 25.9 Å². The molecule has 1 aliphatic rings. The van der Waals surface area contributed by atoms with Gasteiger partial charge in [-0.2, -0.15) is 0 Å². The third-order valence-corrected chi connectivity index (χ3v) is 3.92. The van der Waals surface area contributed by atoms with Crippen LogP contribution in [0.3, 0.4) is 0 Å². The van der Waals surface area contributed by atoms with Gasteiger partial charge in [0.1, 0.15) is 5.75 Å². The summed E-state index contributed by atoms with van der Waals surface area (Å²) in [4.78, 5) is 0. The molecule has 1 heterocycles. The van der Waals surface area contributed by atoms with Gasteiger partial charge in [-0.15, -0.1) is 0 Å². The van der Waals surface area contributed by atoms with E-state index >= 15 is 0 Å². The minimum Gasteiger partial charge on any atom is -0.404 e. The second-order valence-electron chi connectivity index (χ2n) is 4.29. The summed E-state index contributed by atoms with van der Waals surface area (Å²) < 4.78 is 27.9. The van der Waals surface area contributed by atoms with Gasteiger partial charge in [-0.05, 0) is 26.0 Å². The van der Waals surface area contributed by atoms with Gasteiger partial charge in [0.05, 0.1) is 12.2 Å². The Kier molecular flexibility index (Phi) is 3.06. The van der Waals surface area contributed by atoms with Gasteiger partial charge in [0.25, 0.3) is 0 Å². The fourth-order valence-electron chi connectivity index (χ4n) is 1.43. The molecule has 0 amide bonds. The average Bonchev–Trinajstić information content (AvgIpc) is 2.16. The number of para-hydroxylation sites is 1. The first-order chi connectivity index (χ1) is 7.49. The van der Waals surface area contributed by atoms with Crippen LogP contribution in [0.4, 0.5) is 0 Å². The molecule has 0 radical (unpaired) electrons. The molecule has 0 bridgehead atoms. The molecule has 1 aromatic carbocycles. The first kappa shape index (κ1) is 11.6. The Labute approximate surface area is 95.1 Å². The first-order valence-electron chi connectivity index (χ1n) is 5.19. The first-order valence-corrected chi connectivity index (χ1v) is 6.65. The van der Waals surface area contributed by atoms with Crippen LogP contribution in [0.25, 0.3) is 0 Å². The highest BCUT2D eigenvalue weighted by molar-refractivity contribution is 7.49. The van der Waals surface area contributed by atoms with Gasteiger partial charge in [-0.25, -0.2) is 4.57 Å². The van der Waals surface area contributed by atoms with E-state index < -0.39 is 13.4 Å². The molecule has 16 heavy (non-hydrogen) atoms. The molecule has 1 aromatic rings. The van der Waals surface area contributed by atoms with Crippen molar-refractivity contribution in [3.05, 3.63) is 30.3 Å². The van der Waals surface area contributed by atoms with Gasteiger partial charge in [0.2, 0.25) is 0 Å². The highest BCUT2D eigenvalue weighted by Gasteiger charge is 2.41. The van der Waals surface area contributed by atoms with Crippen LogP contribution in [0.15, 0.2) is 30.3 Å². The molecule has 0 aromatic heterocycles. The maximum Gasteiger partial charge on any atom is 0.530 e. The Morgan fingerprint density at radius 3 is 2.62 bits per heavy atom. The van der Waals surface area contributed by atoms with Gasteiger partial charge in [0, 0.05) is 6.42 Å². The van der Waals surface area contributed by atoms with E-state index in [1.165, 1.54) is 0 Å². The fourth-order valence-corrected chi connectivity index (χ4v) is 2.97. The molecule has 4 nitrogen and oxygen atoms in total. The summed E-state index contributed by atoms with van der Waals surface area (Å²) in [7, 11) is -3.46. The molecule has 1 atom stereocenters. The lowest BCUT2D eigenvalue weighted by Gasteiger charge is -2.33. The second kappa shape index (κ2) is 4.21. The summed E-state index contributed by atoms with van der Waals surface area (Å²) in [5.74, 6) is 0.489. The summed E-state index contributed by atoms with van der Waals surface area (Å²) >= 11 is 0. The van der Waals surface area contributed by atoms with E-state index in [0.29, 0.717) is 18.8 Å². The van der Waals surface area contributed by atoms with E-state index in [9.17, 15) is 4.57 Å². The van der Waals surface area contributed by atoms with Crippen LogP contribution in [0.2, 0.25) is 0 Å². The fraction of sp³-hybridized carbons (Fsp3) is 0.455. The maximum atomic E-state index is 12.2. The van der Waals surface area contributed by atoms with Gasteiger partial charge < -0.3 is 4.52 Å². The summed E-state index contributed by atoms with van der Waals surface area (Å²) in [6, 6.07) is 8.89. The minimum atomic E-state index is -3.46. The lowest BCUT2D eigenvalue weighted by molar-refractivity contribution is -0.00329. The minimum absolute atomic E-state index is 0.386. The van der Waals surface area contributed by atoms with Crippen molar-refractivity contribution in [1.29, 1.82) is 0 Å². The van der Waals surface area contributed by atoms with Crippen molar-refractivity contribution in [3.63, 3.8) is 0 Å². The number of phosphoric acid groups is 1. The smallest absolute Gasteiger partial charge is 0.404 e. The van der Waals surface area contributed by atoms with Crippen LogP contribution in [0.5, 0.6) is 5.75 Å². The molecule has 5 heteroatoms. The van der Waals surface area contributed by atoms with E-state index in [-0.39, 0.29) is 0 Å². The van der Waals surface area contributed by atoms with E-state index in [1.807, 2.05) is 19.9 Å². The van der Waals surface area contributed by atoms with Crippen LogP contribution in [-0.4, -0.2) is 12.2 Å². The monoisotopic (exact) mass is 242 g/mol. The molecule has 0 saturated carbocycles. The Balaban J connectivity index is 2.12. The summed E-state index contributed by atoms with van der Waals surface area (Å²) in [5, 5.41) is 0. The van der Waals surface area contributed by atoms with Crippen LogP contribution >= 0.6 is 7.82 Å². The highest BCUT2D eigenvalue weighted by atomic mass is 31.2. The molecule has 2 rings (SSSR count). The molecule has 1 unspecified atom stereocenters. The van der Waals surface area contributed by atoms with Crippen LogP contribution < -0.4 is 4.52 Å². The number of hydrogen-bond acceptors (Lipinski definition) is 4. The van der Waals surface area contributed by atoms with Crippen molar-refractivity contribution < 1.29 is 18.1 Å². The topological polar surface area (TPSA) is 44.8 Å². The van der Waals surface area contributed by atoms with Crippen molar-refractivity contribution >= 4 is 7.82 Å². The molecule has 1 fully saturated rings. The molecule has 88 valence electrons. The number of hydrogen-bond donors (Lipinski definition) is 0. The third-order valence-electron chi connectivity index (χ3n) is 2.27. The number of rotatable bonds is 2. The van der Waals surface area contributed by atoms with E-state index in [4.69, 9.17) is 13.6 Å². The largest absolute Gasteiger partial charge is 0.530 e. The number of phosphoric ester groups is 1. The Morgan fingerprint density at radius 2 is 2.00 bits per heavy atom. The maximum absolute atomic E-state index is 12.2. The zero-order chi connectivity index (χ0) is 11.6. The quantitative estimate of drug-likeness (QED) is 0.745. The van der Waals surface area contributed by atoms with Crippen LogP contribution in [0.1, 0.15) is 20.3 Å².